The highest BCUT2D eigenvalue weighted by atomic mass is 16.5. The normalized spacial score (nSPS) is 10.9. The average molecular weight is 248 g/mol. The van der Waals surface area contributed by atoms with Crippen molar-refractivity contribution in [2.24, 2.45) is 0 Å². The molecule has 4 nitrogen and oxygen atoms in total. The SMILES string of the molecule is CCOC(=O)c1c(C)oc2c(C)c(C)c(O)cc12. The van der Waals surface area contributed by atoms with Crippen molar-refractivity contribution < 1.29 is 19.1 Å². The molecule has 0 fully saturated rings. The molecule has 0 saturated carbocycles. The number of esters is 1. The zero-order valence-electron chi connectivity index (χ0n) is 11.0. The fourth-order valence-corrected chi connectivity index (χ4v) is 2.04. The van der Waals surface area contributed by atoms with Crippen LogP contribution in [0.15, 0.2) is 10.5 Å². The molecular weight excluding hydrogens is 232 g/mol. The van der Waals surface area contributed by atoms with Crippen molar-refractivity contribution in [3.8, 4) is 5.75 Å². The molecule has 18 heavy (non-hydrogen) atoms. The maximum absolute atomic E-state index is 11.9. The number of benzene rings is 1. The lowest BCUT2D eigenvalue weighted by Crippen LogP contribution is -2.05. The van der Waals surface area contributed by atoms with Crippen molar-refractivity contribution in [1.29, 1.82) is 0 Å². The number of carbonyl (C=O) groups is 1. The first-order valence-electron chi connectivity index (χ1n) is 5.86. The molecule has 0 radical (unpaired) electrons. The van der Waals surface area contributed by atoms with Crippen LogP contribution < -0.4 is 0 Å². The molecule has 2 rings (SSSR count). The third-order valence-electron chi connectivity index (χ3n) is 3.17. The number of aromatic hydroxyl groups is 1. The van der Waals surface area contributed by atoms with E-state index < -0.39 is 5.97 Å². The summed E-state index contributed by atoms with van der Waals surface area (Å²) >= 11 is 0. The molecule has 96 valence electrons. The Hall–Kier alpha value is -1.97. The molecule has 0 aliphatic rings. The van der Waals surface area contributed by atoms with Crippen LogP contribution in [0.3, 0.4) is 0 Å². The van der Waals surface area contributed by atoms with Gasteiger partial charge in [0.25, 0.3) is 0 Å². The number of furan rings is 1. The summed E-state index contributed by atoms with van der Waals surface area (Å²) in [6.07, 6.45) is 0. The van der Waals surface area contributed by atoms with Crippen LogP contribution in [0, 0.1) is 20.8 Å². The molecule has 0 aliphatic carbocycles. The molecule has 0 spiro atoms. The van der Waals surface area contributed by atoms with Crippen LogP contribution in [-0.4, -0.2) is 17.7 Å². The highest BCUT2D eigenvalue weighted by Gasteiger charge is 2.22. The Morgan fingerprint density at radius 3 is 2.61 bits per heavy atom. The fourth-order valence-electron chi connectivity index (χ4n) is 2.04. The maximum atomic E-state index is 11.9. The number of aryl methyl sites for hydroxylation is 2. The lowest BCUT2D eigenvalue weighted by Gasteiger charge is -2.04. The van der Waals surface area contributed by atoms with E-state index in [1.807, 2.05) is 13.8 Å². The van der Waals surface area contributed by atoms with Gasteiger partial charge in [-0.15, -0.1) is 0 Å². The van der Waals surface area contributed by atoms with Crippen molar-refractivity contribution in [1.82, 2.24) is 0 Å². The Bertz CT molecular complexity index is 622. The summed E-state index contributed by atoms with van der Waals surface area (Å²) in [6.45, 7) is 7.45. The zero-order valence-corrected chi connectivity index (χ0v) is 11.0. The van der Waals surface area contributed by atoms with Crippen LogP contribution in [0.4, 0.5) is 0 Å². The minimum absolute atomic E-state index is 0.159. The van der Waals surface area contributed by atoms with Gasteiger partial charge in [0.15, 0.2) is 0 Å². The quantitative estimate of drug-likeness (QED) is 0.829. The van der Waals surface area contributed by atoms with Gasteiger partial charge in [0, 0.05) is 5.39 Å². The van der Waals surface area contributed by atoms with Crippen LogP contribution in [0.25, 0.3) is 11.0 Å². The van der Waals surface area contributed by atoms with E-state index in [0.717, 1.165) is 11.1 Å². The molecule has 0 bridgehead atoms. The van der Waals surface area contributed by atoms with Crippen molar-refractivity contribution >= 4 is 16.9 Å². The smallest absolute Gasteiger partial charge is 0.342 e. The largest absolute Gasteiger partial charge is 0.508 e. The monoisotopic (exact) mass is 248 g/mol. The third kappa shape index (κ3) is 1.74. The minimum Gasteiger partial charge on any atom is -0.508 e. The van der Waals surface area contributed by atoms with Gasteiger partial charge in [0.2, 0.25) is 0 Å². The highest BCUT2D eigenvalue weighted by molar-refractivity contribution is 6.05. The number of phenolic OH excluding ortho intramolecular Hbond substituents is 1. The molecule has 1 N–H and O–H groups in total. The van der Waals surface area contributed by atoms with Gasteiger partial charge in [-0.1, -0.05) is 0 Å². The Morgan fingerprint density at radius 2 is 2.00 bits per heavy atom. The van der Waals surface area contributed by atoms with Gasteiger partial charge in [-0.25, -0.2) is 4.79 Å². The molecule has 0 unspecified atom stereocenters. The lowest BCUT2D eigenvalue weighted by molar-refractivity contribution is 0.0526. The molecule has 0 amide bonds. The predicted molar refractivity (Wildman–Crippen MR) is 68.0 cm³/mol. The average Bonchev–Trinajstić information content (AvgIpc) is 2.63. The van der Waals surface area contributed by atoms with E-state index in [9.17, 15) is 9.90 Å². The second kappa shape index (κ2) is 4.37. The summed E-state index contributed by atoms with van der Waals surface area (Å²) in [5.41, 5.74) is 2.62. The van der Waals surface area contributed by atoms with Gasteiger partial charge in [0.1, 0.15) is 22.7 Å². The summed E-state index contributed by atoms with van der Waals surface area (Å²) in [7, 11) is 0. The van der Waals surface area contributed by atoms with E-state index in [2.05, 4.69) is 0 Å². The topological polar surface area (TPSA) is 59.7 Å². The van der Waals surface area contributed by atoms with Gasteiger partial charge < -0.3 is 14.3 Å². The van der Waals surface area contributed by atoms with Gasteiger partial charge >= 0.3 is 5.97 Å². The molecule has 0 atom stereocenters. The molecule has 1 aromatic heterocycles. The van der Waals surface area contributed by atoms with Crippen LogP contribution in [-0.2, 0) is 4.74 Å². The van der Waals surface area contributed by atoms with Crippen LogP contribution >= 0.6 is 0 Å². The molecule has 1 heterocycles. The molecule has 4 heteroatoms. The summed E-state index contributed by atoms with van der Waals surface area (Å²) < 4.78 is 10.6. The lowest BCUT2D eigenvalue weighted by atomic mass is 10.0. The number of rotatable bonds is 2. The van der Waals surface area contributed by atoms with Crippen LogP contribution in [0.5, 0.6) is 5.75 Å². The number of phenols is 1. The molecule has 2 aromatic rings. The standard InChI is InChI=1S/C14H16O4/c1-5-17-14(16)12-9(4)18-13-8(3)7(2)11(15)6-10(12)13/h6,15H,5H2,1-4H3. The Kier molecular flexibility index (Phi) is 3.03. The Balaban J connectivity index is 2.76. The summed E-state index contributed by atoms with van der Waals surface area (Å²) in [6, 6.07) is 1.56. The van der Waals surface area contributed by atoms with Gasteiger partial charge in [-0.05, 0) is 44.9 Å². The summed E-state index contributed by atoms with van der Waals surface area (Å²) in [5, 5.41) is 10.5. The maximum Gasteiger partial charge on any atom is 0.342 e. The molecule has 0 aliphatic heterocycles. The van der Waals surface area contributed by atoms with Gasteiger partial charge in [0.05, 0.1) is 6.61 Å². The van der Waals surface area contributed by atoms with E-state index in [0.29, 0.717) is 28.9 Å². The fraction of sp³-hybridized carbons (Fsp3) is 0.357. The number of carbonyl (C=O) groups excluding carboxylic acids is 1. The zero-order chi connectivity index (χ0) is 13.4. The number of hydrogen-bond acceptors (Lipinski definition) is 4. The second-order valence-corrected chi connectivity index (χ2v) is 4.28. The van der Waals surface area contributed by atoms with E-state index in [-0.39, 0.29) is 5.75 Å². The van der Waals surface area contributed by atoms with Crippen molar-refractivity contribution in [3.63, 3.8) is 0 Å². The van der Waals surface area contributed by atoms with Crippen LogP contribution in [0.1, 0.15) is 34.2 Å². The highest BCUT2D eigenvalue weighted by Crippen LogP contribution is 2.34. The summed E-state index contributed by atoms with van der Waals surface area (Å²) in [5.74, 6) is 0.249. The van der Waals surface area contributed by atoms with Crippen molar-refractivity contribution in [2.45, 2.75) is 27.7 Å². The molecule has 0 saturated heterocycles. The Labute approximate surface area is 105 Å². The first kappa shape index (κ1) is 12.5. The number of fused-ring (bicyclic) bond motifs is 1. The second-order valence-electron chi connectivity index (χ2n) is 4.28. The van der Waals surface area contributed by atoms with Crippen molar-refractivity contribution in [2.75, 3.05) is 6.61 Å². The van der Waals surface area contributed by atoms with E-state index >= 15 is 0 Å². The first-order chi connectivity index (χ1) is 8.47. The predicted octanol–water partition coefficient (Wildman–Crippen LogP) is 3.24. The van der Waals surface area contributed by atoms with Crippen LogP contribution in [0.2, 0.25) is 0 Å². The van der Waals surface area contributed by atoms with E-state index in [1.165, 1.54) is 0 Å². The third-order valence-corrected chi connectivity index (χ3v) is 3.17. The molecular formula is C14H16O4. The van der Waals surface area contributed by atoms with E-state index in [1.54, 1.807) is 19.9 Å². The Morgan fingerprint density at radius 1 is 1.33 bits per heavy atom. The molecule has 1 aromatic carbocycles. The minimum atomic E-state index is -0.420. The van der Waals surface area contributed by atoms with Gasteiger partial charge in [-0.2, -0.15) is 0 Å². The first-order valence-corrected chi connectivity index (χ1v) is 5.86. The van der Waals surface area contributed by atoms with Gasteiger partial charge in [-0.3, -0.25) is 0 Å². The van der Waals surface area contributed by atoms with E-state index in [4.69, 9.17) is 9.15 Å². The number of hydrogen-bond donors (Lipinski definition) is 1. The number of ether oxygens (including phenoxy) is 1. The van der Waals surface area contributed by atoms with Crippen molar-refractivity contribution in [3.05, 3.63) is 28.5 Å². The summed E-state index contributed by atoms with van der Waals surface area (Å²) in [4.78, 5) is 11.9.